The van der Waals surface area contributed by atoms with Crippen molar-refractivity contribution in [3.05, 3.63) is 0 Å². The number of amides is 5. The molecule has 10 heteroatoms. The molecular weight excluding hydrogens is 414 g/mol. The maximum absolute atomic E-state index is 12.6. The fourth-order valence-electron chi connectivity index (χ4n) is 4.52. The zero-order valence-electron chi connectivity index (χ0n) is 19.6. The predicted molar refractivity (Wildman–Crippen MR) is 118 cm³/mol. The third kappa shape index (κ3) is 6.11. The van der Waals surface area contributed by atoms with Crippen LogP contribution < -0.4 is 10.6 Å². The van der Waals surface area contributed by atoms with E-state index in [0.29, 0.717) is 45.4 Å². The Kier molecular flexibility index (Phi) is 7.63. The van der Waals surface area contributed by atoms with Crippen LogP contribution in [0, 0.1) is 0 Å². The van der Waals surface area contributed by atoms with Gasteiger partial charge in [-0.05, 0) is 40.0 Å². The molecule has 10 nitrogen and oxygen atoms in total. The van der Waals surface area contributed by atoms with E-state index in [0.717, 1.165) is 25.9 Å². The molecule has 0 radical (unpaired) electrons. The summed E-state index contributed by atoms with van der Waals surface area (Å²) in [6.07, 6.45) is 3.78. The van der Waals surface area contributed by atoms with E-state index < -0.39 is 11.1 Å². The van der Waals surface area contributed by atoms with E-state index in [-0.39, 0.29) is 36.9 Å². The molecule has 3 aliphatic rings. The second-order valence-electron chi connectivity index (χ2n) is 9.94. The third-order valence-electron chi connectivity index (χ3n) is 6.26. The highest BCUT2D eigenvalue weighted by atomic mass is 16.6. The Hall–Kier alpha value is -2.36. The number of ether oxygens (including phenoxy) is 1. The van der Waals surface area contributed by atoms with Crippen molar-refractivity contribution in [2.75, 3.05) is 45.8 Å². The average Bonchev–Trinajstić information content (AvgIpc) is 3.27. The molecule has 2 heterocycles. The summed E-state index contributed by atoms with van der Waals surface area (Å²) in [4.78, 5) is 54.2. The van der Waals surface area contributed by atoms with Crippen LogP contribution in [0.15, 0.2) is 0 Å². The van der Waals surface area contributed by atoms with Gasteiger partial charge in [0.2, 0.25) is 5.91 Å². The molecule has 2 N–H and O–H groups in total. The van der Waals surface area contributed by atoms with Gasteiger partial charge in [0.1, 0.15) is 11.1 Å². The van der Waals surface area contributed by atoms with Crippen molar-refractivity contribution < 1.29 is 23.9 Å². The summed E-state index contributed by atoms with van der Waals surface area (Å²) in [6, 6.07) is -0.331. The molecule has 0 atom stereocenters. The largest absolute Gasteiger partial charge is 0.444 e. The summed E-state index contributed by atoms with van der Waals surface area (Å²) in [5.41, 5.74) is -1.19. The highest BCUT2D eigenvalue weighted by Gasteiger charge is 2.52. The molecule has 0 aromatic heterocycles. The summed E-state index contributed by atoms with van der Waals surface area (Å²) in [7, 11) is 0. The Morgan fingerprint density at radius 3 is 2.34 bits per heavy atom. The zero-order valence-corrected chi connectivity index (χ0v) is 19.6. The van der Waals surface area contributed by atoms with Crippen LogP contribution in [0.2, 0.25) is 0 Å². The van der Waals surface area contributed by atoms with Crippen molar-refractivity contribution in [2.45, 2.75) is 70.4 Å². The lowest BCUT2D eigenvalue weighted by Crippen LogP contribution is -2.51. The molecule has 0 bridgehead atoms. The highest BCUT2D eigenvalue weighted by Crippen LogP contribution is 2.35. The van der Waals surface area contributed by atoms with Crippen molar-refractivity contribution >= 4 is 23.9 Å². The average molecular weight is 452 g/mol. The molecule has 3 rings (SSSR count). The lowest BCUT2D eigenvalue weighted by molar-refractivity contribution is -0.131. The fraction of sp³-hybridized carbons (Fsp3) is 0.818. The topological polar surface area (TPSA) is 111 Å². The monoisotopic (exact) mass is 451 g/mol. The number of nitrogens with one attached hydrogen (secondary N) is 2. The Labute approximate surface area is 190 Å². The van der Waals surface area contributed by atoms with Gasteiger partial charge in [-0.1, -0.05) is 12.8 Å². The fourth-order valence-corrected chi connectivity index (χ4v) is 4.52. The van der Waals surface area contributed by atoms with Crippen LogP contribution in [0.25, 0.3) is 0 Å². The number of rotatable bonds is 7. The first-order chi connectivity index (χ1) is 15.1. The quantitative estimate of drug-likeness (QED) is 0.565. The molecule has 3 fully saturated rings. The first kappa shape index (κ1) is 24.3. The number of carbonyl (C=O) groups is 4. The lowest BCUT2D eigenvalue weighted by Gasteiger charge is -2.35. The van der Waals surface area contributed by atoms with E-state index in [9.17, 15) is 19.2 Å². The van der Waals surface area contributed by atoms with Crippen molar-refractivity contribution in [2.24, 2.45) is 0 Å². The maximum atomic E-state index is 12.6. The van der Waals surface area contributed by atoms with Gasteiger partial charge in [0.25, 0.3) is 5.91 Å². The van der Waals surface area contributed by atoms with Crippen LogP contribution >= 0.6 is 0 Å². The summed E-state index contributed by atoms with van der Waals surface area (Å²) >= 11 is 0. The summed E-state index contributed by atoms with van der Waals surface area (Å²) < 4.78 is 5.40. The molecule has 1 saturated carbocycles. The molecule has 5 amide bonds. The minimum atomic E-state index is -0.688. The van der Waals surface area contributed by atoms with Crippen molar-refractivity contribution in [1.29, 1.82) is 0 Å². The molecule has 32 heavy (non-hydrogen) atoms. The Morgan fingerprint density at radius 2 is 1.72 bits per heavy atom. The molecule has 2 aliphatic heterocycles. The number of carbonyl (C=O) groups excluding carboxylic acids is 4. The van der Waals surface area contributed by atoms with Crippen LogP contribution in [0.5, 0.6) is 0 Å². The maximum Gasteiger partial charge on any atom is 0.410 e. The number of piperazine rings is 1. The van der Waals surface area contributed by atoms with E-state index in [2.05, 4.69) is 15.5 Å². The molecule has 180 valence electrons. The minimum absolute atomic E-state index is 0.0833. The second-order valence-corrected chi connectivity index (χ2v) is 9.94. The smallest absolute Gasteiger partial charge is 0.410 e. The van der Waals surface area contributed by atoms with E-state index in [1.165, 1.54) is 4.90 Å². The van der Waals surface area contributed by atoms with E-state index >= 15 is 0 Å². The molecule has 0 unspecified atom stereocenters. The SMILES string of the molecule is CC(C)(C)OC(=O)N1CCN(CCNC(=O)CCCN2C(=O)NC3(CCCC3)C2=O)CC1. The van der Waals surface area contributed by atoms with Gasteiger partial charge in [-0.25, -0.2) is 9.59 Å². The van der Waals surface area contributed by atoms with Gasteiger partial charge in [0.05, 0.1) is 0 Å². The van der Waals surface area contributed by atoms with Crippen molar-refractivity contribution in [3.63, 3.8) is 0 Å². The van der Waals surface area contributed by atoms with Gasteiger partial charge in [0.15, 0.2) is 0 Å². The highest BCUT2D eigenvalue weighted by molar-refractivity contribution is 6.07. The summed E-state index contributed by atoms with van der Waals surface area (Å²) in [5, 5.41) is 5.76. The van der Waals surface area contributed by atoms with Crippen LogP contribution in [0.3, 0.4) is 0 Å². The number of nitrogens with zero attached hydrogens (tertiary/aromatic N) is 3. The normalized spacial score (nSPS) is 21.2. The third-order valence-corrected chi connectivity index (χ3v) is 6.26. The van der Waals surface area contributed by atoms with Crippen LogP contribution in [-0.2, 0) is 14.3 Å². The Morgan fingerprint density at radius 1 is 1.06 bits per heavy atom. The van der Waals surface area contributed by atoms with E-state index in [1.807, 2.05) is 20.8 Å². The van der Waals surface area contributed by atoms with Crippen molar-refractivity contribution in [3.8, 4) is 0 Å². The van der Waals surface area contributed by atoms with E-state index in [1.54, 1.807) is 4.90 Å². The number of urea groups is 1. The minimum Gasteiger partial charge on any atom is -0.444 e. The summed E-state index contributed by atoms with van der Waals surface area (Å²) in [6.45, 7) is 9.76. The number of imide groups is 1. The summed E-state index contributed by atoms with van der Waals surface area (Å²) in [5.74, 6) is -0.217. The number of hydrogen-bond acceptors (Lipinski definition) is 6. The molecule has 0 aromatic carbocycles. The van der Waals surface area contributed by atoms with Crippen LogP contribution in [-0.4, -0.2) is 95.6 Å². The number of hydrogen-bond donors (Lipinski definition) is 2. The van der Waals surface area contributed by atoms with Gasteiger partial charge in [0, 0.05) is 52.2 Å². The molecule has 1 aliphatic carbocycles. The first-order valence-corrected chi connectivity index (χ1v) is 11.7. The van der Waals surface area contributed by atoms with E-state index in [4.69, 9.17) is 4.74 Å². The molecule has 1 spiro atoms. The Balaban J connectivity index is 1.27. The van der Waals surface area contributed by atoms with Crippen LogP contribution in [0.4, 0.5) is 9.59 Å². The van der Waals surface area contributed by atoms with Crippen molar-refractivity contribution in [1.82, 2.24) is 25.3 Å². The van der Waals surface area contributed by atoms with Gasteiger partial charge in [-0.15, -0.1) is 0 Å². The molecule has 0 aromatic rings. The van der Waals surface area contributed by atoms with Gasteiger partial charge in [-0.3, -0.25) is 19.4 Å². The standard InChI is InChI=1S/C22H37N5O5/c1-21(2,3)32-20(31)26-15-13-25(14-16-26)12-10-23-17(28)7-6-11-27-18(29)22(24-19(27)30)8-4-5-9-22/h4-16H2,1-3H3,(H,23,28)(H,24,30). The predicted octanol–water partition coefficient (Wildman–Crippen LogP) is 1.30. The van der Waals surface area contributed by atoms with Crippen LogP contribution in [0.1, 0.15) is 59.3 Å². The molecular formula is C22H37N5O5. The zero-order chi connectivity index (χ0) is 23.4. The van der Waals surface area contributed by atoms with Gasteiger partial charge in [-0.2, -0.15) is 0 Å². The second kappa shape index (κ2) is 10.1. The molecule has 2 saturated heterocycles. The van der Waals surface area contributed by atoms with Gasteiger partial charge >= 0.3 is 12.1 Å². The Bertz CT molecular complexity index is 721. The lowest BCUT2D eigenvalue weighted by atomic mass is 9.98. The van der Waals surface area contributed by atoms with Gasteiger partial charge < -0.3 is 20.3 Å². The first-order valence-electron chi connectivity index (χ1n) is 11.7.